The zero-order valence-electron chi connectivity index (χ0n) is 18.1. The minimum absolute atomic E-state index is 0.0460. The number of hydrogen-bond donors (Lipinski definition) is 1. The molecule has 0 aliphatic carbocycles. The van der Waals surface area contributed by atoms with Gasteiger partial charge in [-0.05, 0) is 31.2 Å². The summed E-state index contributed by atoms with van der Waals surface area (Å²) in [5, 5.41) is 2.54. The third-order valence-corrected chi connectivity index (χ3v) is 8.34. The van der Waals surface area contributed by atoms with Crippen LogP contribution in [-0.4, -0.2) is 75.0 Å². The molecule has 1 saturated heterocycles. The fourth-order valence-corrected chi connectivity index (χ4v) is 6.35. The van der Waals surface area contributed by atoms with E-state index in [1.165, 1.54) is 31.3 Å². The summed E-state index contributed by atoms with van der Waals surface area (Å²) < 4.78 is 69.8. The maximum absolute atomic E-state index is 13.2. The third kappa shape index (κ3) is 6.08. The fraction of sp³-hybridized carbons (Fsp3) is 0.400. The van der Waals surface area contributed by atoms with Crippen LogP contribution in [0.4, 0.5) is 18.9 Å². The molecule has 1 aromatic heterocycles. The number of thiophene rings is 1. The summed E-state index contributed by atoms with van der Waals surface area (Å²) in [6, 6.07) is 6.38. The number of esters is 1. The number of ether oxygens (including phenoxy) is 1. The highest BCUT2D eigenvalue weighted by atomic mass is 35.5. The first-order valence-electron chi connectivity index (χ1n) is 9.97. The van der Waals surface area contributed by atoms with Gasteiger partial charge in [0.25, 0.3) is 5.91 Å². The van der Waals surface area contributed by atoms with Crippen LogP contribution in [0.15, 0.2) is 35.2 Å². The Morgan fingerprint density at radius 3 is 2.59 bits per heavy atom. The van der Waals surface area contributed by atoms with Gasteiger partial charge in [0.2, 0.25) is 10.0 Å². The molecule has 0 saturated carbocycles. The van der Waals surface area contributed by atoms with Crippen molar-refractivity contribution in [2.24, 2.45) is 0 Å². The lowest BCUT2D eigenvalue weighted by molar-refractivity contribution is -0.157. The maximum atomic E-state index is 13.2. The van der Waals surface area contributed by atoms with Gasteiger partial charge in [-0.1, -0.05) is 17.7 Å². The van der Waals surface area contributed by atoms with E-state index in [-0.39, 0.29) is 45.1 Å². The van der Waals surface area contributed by atoms with Crippen molar-refractivity contribution < 1.29 is 35.9 Å². The molecule has 2 heterocycles. The van der Waals surface area contributed by atoms with Crippen LogP contribution >= 0.6 is 22.9 Å². The van der Waals surface area contributed by atoms with Gasteiger partial charge in [-0.2, -0.15) is 17.5 Å². The van der Waals surface area contributed by atoms with E-state index in [0.29, 0.717) is 0 Å². The molecule has 8 nitrogen and oxygen atoms in total. The molecule has 1 aromatic carbocycles. The Balaban J connectivity index is 1.77. The van der Waals surface area contributed by atoms with Crippen LogP contribution in [0.5, 0.6) is 0 Å². The van der Waals surface area contributed by atoms with E-state index in [4.69, 9.17) is 16.3 Å². The van der Waals surface area contributed by atoms with Crippen LogP contribution in [0.3, 0.4) is 0 Å². The average Bonchev–Trinajstić information content (AvgIpc) is 3.12. The normalized spacial score (nSPS) is 15.3. The van der Waals surface area contributed by atoms with Crippen molar-refractivity contribution in [3.8, 4) is 0 Å². The van der Waals surface area contributed by atoms with Crippen LogP contribution in [0.1, 0.15) is 27.0 Å². The molecule has 2 aromatic rings. The molecule has 34 heavy (non-hydrogen) atoms. The van der Waals surface area contributed by atoms with Crippen molar-refractivity contribution >= 4 is 50.5 Å². The molecule has 1 amide bonds. The first-order chi connectivity index (χ1) is 15.8. The highest BCUT2D eigenvalue weighted by Crippen LogP contribution is 2.34. The number of nitrogens with zero attached hydrogens (tertiary/aromatic N) is 2. The highest BCUT2D eigenvalue weighted by Gasteiger charge is 2.42. The van der Waals surface area contributed by atoms with Gasteiger partial charge in [-0.25, -0.2) is 13.2 Å². The van der Waals surface area contributed by atoms with Crippen LogP contribution in [-0.2, 0) is 14.8 Å². The van der Waals surface area contributed by atoms with E-state index in [9.17, 15) is 31.2 Å². The molecule has 3 rings (SSSR count). The van der Waals surface area contributed by atoms with Crippen molar-refractivity contribution in [2.45, 2.75) is 24.0 Å². The van der Waals surface area contributed by atoms with E-state index in [1.54, 1.807) is 6.92 Å². The number of likely N-dealkylation sites (N-methyl/N-ethyl adjacent to an activating group) is 1. The van der Waals surface area contributed by atoms with Gasteiger partial charge < -0.3 is 10.1 Å². The van der Waals surface area contributed by atoms with E-state index in [0.717, 1.165) is 26.6 Å². The lowest BCUT2D eigenvalue weighted by atomic mass is 10.1. The number of hydrogen-bond acceptors (Lipinski definition) is 7. The van der Waals surface area contributed by atoms with Crippen LogP contribution in [0.25, 0.3) is 0 Å². The topological polar surface area (TPSA) is 96.0 Å². The number of alkyl halides is 3. The Morgan fingerprint density at radius 1 is 1.29 bits per heavy atom. The summed E-state index contributed by atoms with van der Waals surface area (Å²) in [4.78, 5) is 25.4. The summed E-state index contributed by atoms with van der Waals surface area (Å²) in [5.41, 5.74) is 0.434. The first kappa shape index (κ1) is 26.4. The number of benzene rings is 1. The Labute approximate surface area is 203 Å². The van der Waals surface area contributed by atoms with Gasteiger partial charge in [0.15, 0.2) is 0 Å². The van der Waals surface area contributed by atoms with Crippen molar-refractivity contribution in [2.75, 3.05) is 38.6 Å². The number of amides is 1. The van der Waals surface area contributed by atoms with Gasteiger partial charge in [0, 0.05) is 25.8 Å². The van der Waals surface area contributed by atoms with Gasteiger partial charge in [-0.15, -0.1) is 11.3 Å². The zero-order chi connectivity index (χ0) is 25.3. The van der Waals surface area contributed by atoms with Crippen molar-refractivity contribution in [1.29, 1.82) is 0 Å². The van der Waals surface area contributed by atoms with E-state index in [2.05, 4.69) is 5.32 Å². The average molecular weight is 540 g/mol. The van der Waals surface area contributed by atoms with E-state index >= 15 is 0 Å². The lowest BCUT2D eigenvalue weighted by Gasteiger charge is -2.43. The molecule has 1 N–H and O–H groups in total. The summed E-state index contributed by atoms with van der Waals surface area (Å²) in [7, 11) is -2.97. The molecule has 0 unspecified atom stereocenters. The molecule has 186 valence electrons. The summed E-state index contributed by atoms with van der Waals surface area (Å²) in [6.07, 6.45) is -4.38. The lowest BCUT2D eigenvalue weighted by Crippen LogP contribution is -2.61. The molecule has 0 atom stereocenters. The smallest absolute Gasteiger partial charge is 0.401 e. The number of nitrogens with one attached hydrogen (secondary N) is 1. The Bertz CT molecular complexity index is 1180. The van der Waals surface area contributed by atoms with Crippen molar-refractivity contribution in [3.63, 3.8) is 0 Å². The third-order valence-electron chi connectivity index (χ3n) is 5.02. The number of carbonyl (C=O) groups excluding carboxylic acids is 2. The molecule has 14 heteroatoms. The van der Waals surface area contributed by atoms with Crippen LogP contribution < -0.4 is 5.32 Å². The number of sulfonamides is 1. The second-order valence-electron chi connectivity index (χ2n) is 7.48. The van der Waals surface area contributed by atoms with Crippen LogP contribution in [0, 0.1) is 0 Å². The quantitative estimate of drug-likeness (QED) is 0.514. The summed E-state index contributed by atoms with van der Waals surface area (Å²) in [6.45, 7) is 0.526. The summed E-state index contributed by atoms with van der Waals surface area (Å²) in [5.74, 6) is -1.35. The standard InChI is InChI=1S/C20H21ClF3N3O5S2/c1-3-32-19(29)12-5-4-6-13(7-12)25-18(28)17-15(8-16(21)33-17)34(30,31)26(2)14-9-27(10-14)11-20(22,23)24/h4-8,14H,3,9-11H2,1-2H3,(H,25,28). The Hall–Kier alpha value is -2.19. The Kier molecular flexibility index (Phi) is 7.92. The largest absolute Gasteiger partial charge is 0.462 e. The predicted octanol–water partition coefficient (Wildman–Crippen LogP) is 3.70. The number of carbonyl (C=O) groups is 2. The second-order valence-corrected chi connectivity index (χ2v) is 11.1. The fourth-order valence-electron chi connectivity index (χ4n) is 3.33. The van der Waals surface area contributed by atoms with Gasteiger partial charge in [0.1, 0.15) is 9.77 Å². The second kappa shape index (κ2) is 10.2. The first-order valence-corrected chi connectivity index (χ1v) is 12.6. The van der Waals surface area contributed by atoms with Crippen molar-refractivity contribution in [3.05, 3.63) is 45.1 Å². The SMILES string of the molecule is CCOC(=O)c1cccc(NC(=O)c2sc(Cl)cc2S(=O)(=O)N(C)C2CN(CC(F)(F)F)C2)c1. The molecule has 0 bridgehead atoms. The van der Waals surface area contributed by atoms with E-state index < -0.39 is 40.7 Å². The molecule has 1 aliphatic rings. The number of halogens is 4. The monoisotopic (exact) mass is 539 g/mol. The van der Waals surface area contributed by atoms with Gasteiger partial charge in [-0.3, -0.25) is 9.69 Å². The van der Waals surface area contributed by atoms with Crippen molar-refractivity contribution in [1.82, 2.24) is 9.21 Å². The molecular weight excluding hydrogens is 519 g/mol. The molecular formula is C20H21ClF3N3O5S2. The predicted molar refractivity (Wildman–Crippen MR) is 121 cm³/mol. The number of anilines is 1. The minimum atomic E-state index is -4.38. The van der Waals surface area contributed by atoms with E-state index in [1.807, 2.05) is 0 Å². The van der Waals surface area contributed by atoms with Gasteiger partial charge >= 0.3 is 12.1 Å². The molecule has 0 radical (unpaired) electrons. The Morgan fingerprint density at radius 2 is 1.97 bits per heavy atom. The maximum Gasteiger partial charge on any atom is 0.401 e. The molecule has 1 aliphatic heterocycles. The molecule has 1 fully saturated rings. The summed E-state index contributed by atoms with van der Waals surface area (Å²) >= 11 is 6.76. The minimum Gasteiger partial charge on any atom is -0.462 e. The number of likely N-dealkylation sites (tertiary alicyclic amines) is 1. The zero-order valence-corrected chi connectivity index (χ0v) is 20.4. The van der Waals surface area contributed by atoms with Crippen LogP contribution in [0.2, 0.25) is 4.34 Å². The number of rotatable bonds is 8. The van der Waals surface area contributed by atoms with Gasteiger partial charge in [0.05, 0.1) is 29.1 Å². The highest BCUT2D eigenvalue weighted by molar-refractivity contribution is 7.89. The molecule has 0 spiro atoms.